The molecule has 1 aliphatic rings. The molecule has 0 N–H and O–H groups in total. The van der Waals surface area contributed by atoms with Crippen molar-refractivity contribution in [3.8, 4) is 0 Å². The maximum atomic E-state index is 12.9. The van der Waals surface area contributed by atoms with Gasteiger partial charge >= 0.3 is 0 Å². The Kier molecular flexibility index (Phi) is 4.31. The molecule has 1 saturated carbocycles. The second kappa shape index (κ2) is 6.20. The highest BCUT2D eigenvalue weighted by molar-refractivity contribution is 8.13. The van der Waals surface area contributed by atoms with E-state index in [0.29, 0.717) is 17.2 Å². The molecule has 0 bridgehead atoms. The first-order chi connectivity index (χ1) is 10.2. The molecule has 21 heavy (non-hydrogen) atoms. The fraction of sp³-hybridized carbons (Fsp3) is 0.312. The van der Waals surface area contributed by atoms with Crippen molar-refractivity contribution >= 4 is 21.6 Å². The van der Waals surface area contributed by atoms with Crippen LogP contribution in [-0.2, 0) is 9.84 Å². The number of nitrogens with zero attached hydrogens (tertiary/aromatic N) is 1. The van der Waals surface area contributed by atoms with Gasteiger partial charge in [-0.3, -0.25) is 0 Å². The van der Waals surface area contributed by atoms with E-state index in [1.807, 2.05) is 24.3 Å². The van der Waals surface area contributed by atoms with Crippen molar-refractivity contribution in [2.24, 2.45) is 5.92 Å². The van der Waals surface area contributed by atoms with Crippen LogP contribution in [0.4, 0.5) is 0 Å². The van der Waals surface area contributed by atoms with Crippen molar-refractivity contribution in [3.05, 3.63) is 54.7 Å². The van der Waals surface area contributed by atoms with Crippen LogP contribution in [0, 0.1) is 5.92 Å². The van der Waals surface area contributed by atoms with Gasteiger partial charge in [0.25, 0.3) is 0 Å². The zero-order valence-electron chi connectivity index (χ0n) is 11.6. The molecule has 5 heteroatoms. The predicted octanol–water partition coefficient (Wildman–Crippen LogP) is 3.77. The highest BCUT2D eigenvalue weighted by Gasteiger charge is 2.34. The smallest absolute Gasteiger partial charge is 0.190 e. The van der Waals surface area contributed by atoms with Crippen LogP contribution >= 0.6 is 11.8 Å². The van der Waals surface area contributed by atoms with E-state index in [2.05, 4.69) is 4.98 Å². The molecule has 1 aromatic carbocycles. The third-order valence-corrected chi connectivity index (χ3v) is 7.33. The number of benzene rings is 1. The van der Waals surface area contributed by atoms with Crippen LogP contribution in [0.2, 0.25) is 0 Å². The molecule has 0 amide bonds. The molecule has 1 unspecified atom stereocenters. The van der Waals surface area contributed by atoms with Gasteiger partial charge in [0, 0.05) is 6.20 Å². The van der Waals surface area contributed by atoms with Crippen LogP contribution < -0.4 is 0 Å². The van der Waals surface area contributed by atoms with Gasteiger partial charge in [-0.05, 0) is 36.6 Å². The quantitative estimate of drug-likeness (QED) is 0.760. The molecular weight excluding hydrogens is 302 g/mol. The predicted molar refractivity (Wildman–Crippen MR) is 84.9 cm³/mol. The van der Waals surface area contributed by atoms with Crippen molar-refractivity contribution in [2.75, 3.05) is 0 Å². The van der Waals surface area contributed by atoms with Crippen molar-refractivity contribution < 1.29 is 8.42 Å². The Hall–Kier alpha value is -1.33. The molecule has 1 aliphatic carbocycles. The summed E-state index contributed by atoms with van der Waals surface area (Å²) in [6.45, 7) is 0. The molecule has 0 aliphatic heterocycles. The van der Waals surface area contributed by atoms with Gasteiger partial charge in [0.2, 0.25) is 0 Å². The summed E-state index contributed by atoms with van der Waals surface area (Å²) >= 11 is 1.36. The Morgan fingerprint density at radius 2 is 1.81 bits per heavy atom. The molecule has 0 spiro atoms. The minimum Gasteiger partial charge on any atom is -0.250 e. The Labute approximate surface area is 129 Å². The second-order valence-corrected chi connectivity index (χ2v) is 8.90. The summed E-state index contributed by atoms with van der Waals surface area (Å²) in [6.07, 6.45) is 4.69. The minimum absolute atomic E-state index is 0.402. The van der Waals surface area contributed by atoms with E-state index in [9.17, 15) is 8.42 Å². The van der Waals surface area contributed by atoms with Gasteiger partial charge < -0.3 is 0 Å². The number of pyridine rings is 1. The number of sulfone groups is 1. The Balaban J connectivity index is 1.88. The molecule has 0 radical (unpaired) electrons. The van der Waals surface area contributed by atoms with Gasteiger partial charge in [-0.1, -0.05) is 48.9 Å². The van der Waals surface area contributed by atoms with Gasteiger partial charge in [0.1, 0.15) is 4.58 Å². The van der Waals surface area contributed by atoms with Gasteiger partial charge in [-0.25, -0.2) is 13.4 Å². The fourth-order valence-corrected chi connectivity index (χ4v) is 5.60. The number of hydrogen-bond acceptors (Lipinski definition) is 4. The fourth-order valence-electron chi connectivity index (χ4n) is 2.18. The average molecular weight is 319 g/mol. The maximum Gasteiger partial charge on any atom is 0.190 e. The van der Waals surface area contributed by atoms with Crippen molar-refractivity contribution in [3.63, 3.8) is 0 Å². The van der Waals surface area contributed by atoms with Crippen molar-refractivity contribution in [1.82, 2.24) is 4.98 Å². The molecule has 1 atom stereocenters. The van der Waals surface area contributed by atoms with Gasteiger partial charge in [-0.2, -0.15) is 0 Å². The van der Waals surface area contributed by atoms with Crippen LogP contribution in [0.1, 0.15) is 19.3 Å². The van der Waals surface area contributed by atoms with E-state index >= 15 is 0 Å². The SMILES string of the molecule is O=S(=O)(c1ccccc1)C(CC1CC1)Sc1ccccn1. The van der Waals surface area contributed by atoms with Crippen LogP contribution in [-0.4, -0.2) is 18.0 Å². The molecule has 3 rings (SSSR count). The zero-order chi connectivity index (χ0) is 14.7. The molecule has 1 aromatic heterocycles. The third kappa shape index (κ3) is 3.66. The average Bonchev–Trinajstić information content (AvgIpc) is 3.33. The van der Waals surface area contributed by atoms with Crippen molar-refractivity contribution in [2.45, 2.75) is 33.8 Å². The van der Waals surface area contributed by atoms with Gasteiger partial charge in [-0.15, -0.1) is 0 Å². The number of aromatic nitrogens is 1. The zero-order valence-corrected chi connectivity index (χ0v) is 13.2. The lowest BCUT2D eigenvalue weighted by Crippen LogP contribution is -2.19. The van der Waals surface area contributed by atoms with Crippen molar-refractivity contribution in [1.29, 1.82) is 0 Å². The Bertz CT molecular complexity index is 683. The van der Waals surface area contributed by atoms with E-state index in [0.717, 1.165) is 17.9 Å². The molecule has 2 aromatic rings. The highest BCUT2D eigenvalue weighted by atomic mass is 32.3. The normalized spacial score (nSPS) is 16.6. The maximum absolute atomic E-state index is 12.9. The first kappa shape index (κ1) is 14.6. The first-order valence-electron chi connectivity index (χ1n) is 7.03. The van der Waals surface area contributed by atoms with Crippen LogP contribution in [0.25, 0.3) is 0 Å². The minimum atomic E-state index is -3.33. The lowest BCUT2D eigenvalue weighted by atomic mass is 10.3. The van der Waals surface area contributed by atoms with E-state index in [4.69, 9.17) is 0 Å². The van der Waals surface area contributed by atoms with Crippen LogP contribution in [0.3, 0.4) is 0 Å². The van der Waals surface area contributed by atoms with E-state index in [-0.39, 0.29) is 0 Å². The molecule has 1 fully saturated rings. The highest BCUT2D eigenvalue weighted by Crippen LogP contribution is 2.41. The standard InChI is InChI=1S/C16H17NO2S2/c18-21(19,14-6-2-1-3-7-14)16(12-13-9-10-13)20-15-8-4-5-11-17-15/h1-8,11,13,16H,9-10,12H2. The van der Waals surface area contributed by atoms with E-state index < -0.39 is 14.4 Å². The second-order valence-electron chi connectivity index (χ2n) is 5.25. The monoisotopic (exact) mass is 319 g/mol. The Morgan fingerprint density at radius 3 is 2.43 bits per heavy atom. The summed E-state index contributed by atoms with van der Waals surface area (Å²) in [7, 11) is -3.33. The molecule has 110 valence electrons. The van der Waals surface area contributed by atoms with Gasteiger partial charge in [0.05, 0.1) is 9.92 Å². The molecule has 3 nitrogen and oxygen atoms in total. The molecular formula is C16H17NO2S2. The molecule has 1 heterocycles. The first-order valence-corrected chi connectivity index (χ1v) is 9.45. The lowest BCUT2D eigenvalue weighted by molar-refractivity contribution is 0.585. The van der Waals surface area contributed by atoms with E-state index in [1.165, 1.54) is 11.8 Å². The van der Waals surface area contributed by atoms with Gasteiger partial charge in [0.15, 0.2) is 9.84 Å². The summed E-state index contributed by atoms with van der Waals surface area (Å²) in [5.41, 5.74) is 0. The summed E-state index contributed by atoms with van der Waals surface area (Å²) in [4.78, 5) is 4.65. The third-order valence-electron chi connectivity index (χ3n) is 3.53. The lowest BCUT2D eigenvalue weighted by Gasteiger charge is -2.16. The van der Waals surface area contributed by atoms with E-state index in [1.54, 1.807) is 30.5 Å². The Morgan fingerprint density at radius 1 is 1.10 bits per heavy atom. The summed E-state index contributed by atoms with van der Waals surface area (Å²) in [5, 5.41) is 0.766. The summed E-state index contributed by atoms with van der Waals surface area (Å²) < 4.78 is 25.2. The number of rotatable bonds is 6. The largest absolute Gasteiger partial charge is 0.250 e. The number of thioether (sulfide) groups is 1. The summed E-state index contributed by atoms with van der Waals surface area (Å²) in [5.74, 6) is 0.546. The van der Waals surface area contributed by atoms with Crippen LogP contribution in [0.5, 0.6) is 0 Å². The topological polar surface area (TPSA) is 47.0 Å². The number of hydrogen-bond donors (Lipinski definition) is 0. The summed E-state index contributed by atoms with van der Waals surface area (Å²) in [6, 6.07) is 14.3. The molecule has 0 saturated heterocycles. The van der Waals surface area contributed by atoms with Crippen LogP contribution in [0.15, 0.2) is 64.6 Å².